The number of thiophene rings is 1. The first kappa shape index (κ1) is 32.0. The Morgan fingerprint density at radius 1 is 0.526 bits per heavy atom. The van der Waals surface area contributed by atoms with Crippen LogP contribution in [-0.2, 0) is 0 Å². The third kappa shape index (κ3) is 5.08. The van der Waals surface area contributed by atoms with Gasteiger partial charge < -0.3 is 14.3 Å². The first-order valence-electron chi connectivity index (χ1n) is 19.2. The molecule has 0 radical (unpaired) electrons. The zero-order valence-electron chi connectivity index (χ0n) is 30.6. The van der Waals surface area contributed by atoms with Crippen molar-refractivity contribution in [3.63, 3.8) is 0 Å². The van der Waals surface area contributed by atoms with Crippen molar-refractivity contribution in [3.8, 4) is 16.8 Å². The number of nitrogens with zero attached hydrogens (tertiary/aromatic N) is 3. The Hall–Kier alpha value is -7.28. The number of hydrogen-bond acceptors (Lipinski definition) is 5. The van der Waals surface area contributed by atoms with Gasteiger partial charge in [0.25, 0.3) is 0 Å². The third-order valence-corrected chi connectivity index (χ3v) is 12.5. The van der Waals surface area contributed by atoms with Crippen LogP contribution >= 0.6 is 11.3 Å². The standard InChI is InChI=1S/C51H32N4OS/c1-3-13-31(14-4-1)49-52-50(32-15-5-2-6-16-32)54-51(53-49)40-21-11-20-39-47-35(19-12-24-46(47)57-48(39)40)33-25-28-44-41(29-33)38-27-26-34(30-45(38)56-44)55-42-22-9-7-17-36(42)37-18-8-10-23-43(37)55/h1-30,51H,(H,52,53,54). The van der Waals surface area contributed by atoms with Crippen LogP contribution in [0.15, 0.2) is 196 Å². The smallest absolute Gasteiger partial charge is 0.159 e. The largest absolute Gasteiger partial charge is 0.456 e. The predicted molar refractivity (Wildman–Crippen MR) is 238 cm³/mol. The second-order valence-corrected chi connectivity index (χ2v) is 15.6. The molecule has 1 aliphatic rings. The molecular formula is C51H32N4OS. The highest BCUT2D eigenvalue weighted by Gasteiger charge is 2.24. The maximum absolute atomic E-state index is 6.57. The minimum absolute atomic E-state index is 0.311. The lowest BCUT2D eigenvalue weighted by Gasteiger charge is -2.24. The summed E-state index contributed by atoms with van der Waals surface area (Å²) >= 11 is 1.82. The van der Waals surface area contributed by atoms with Crippen molar-refractivity contribution < 1.29 is 4.42 Å². The predicted octanol–water partition coefficient (Wildman–Crippen LogP) is 13.2. The molecule has 0 aliphatic carbocycles. The van der Waals surface area contributed by atoms with Crippen molar-refractivity contribution in [2.45, 2.75) is 6.17 Å². The third-order valence-electron chi connectivity index (χ3n) is 11.3. The number of benzene rings is 8. The molecule has 8 aromatic carbocycles. The maximum atomic E-state index is 6.57. The van der Waals surface area contributed by atoms with E-state index < -0.39 is 0 Å². The van der Waals surface area contributed by atoms with Crippen LogP contribution < -0.4 is 5.32 Å². The van der Waals surface area contributed by atoms with Crippen molar-refractivity contribution in [2.24, 2.45) is 9.98 Å². The van der Waals surface area contributed by atoms with Crippen LogP contribution in [0.5, 0.6) is 0 Å². The number of fused-ring (bicyclic) bond motifs is 9. The summed E-state index contributed by atoms with van der Waals surface area (Å²) in [5.74, 6) is 1.54. The normalized spacial score (nSPS) is 14.5. The van der Waals surface area contributed by atoms with Crippen LogP contribution in [0.1, 0.15) is 22.9 Å². The molecule has 0 spiro atoms. The van der Waals surface area contributed by atoms with Gasteiger partial charge in [-0.25, -0.2) is 9.98 Å². The van der Waals surface area contributed by atoms with E-state index in [2.05, 4.69) is 155 Å². The van der Waals surface area contributed by atoms with Crippen LogP contribution in [0, 0.1) is 0 Å². The van der Waals surface area contributed by atoms with E-state index in [0.29, 0.717) is 0 Å². The number of aromatic nitrogens is 1. The first-order chi connectivity index (χ1) is 28.2. The molecule has 1 N–H and O–H groups in total. The average Bonchev–Trinajstić information content (AvgIpc) is 3.96. The summed E-state index contributed by atoms with van der Waals surface area (Å²) < 4.78 is 11.4. The van der Waals surface area contributed by atoms with Gasteiger partial charge in [0.05, 0.1) is 11.0 Å². The van der Waals surface area contributed by atoms with Crippen LogP contribution in [0.4, 0.5) is 0 Å². The molecule has 1 unspecified atom stereocenters. The number of furan rings is 1. The van der Waals surface area contributed by atoms with Gasteiger partial charge in [0.1, 0.15) is 23.2 Å². The Morgan fingerprint density at radius 2 is 1.23 bits per heavy atom. The Balaban J connectivity index is 0.974. The molecule has 268 valence electrons. The number of nitrogens with one attached hydrogen (secondary N) is 1. The van der Waals surface area contributed by atoms with Gasteiger partial charge in [-0.15, -0.1) is 11.3 Å². The van der Waals surface area contributed by atoms with E-state index in [1.54, 1.807) is 0 Å². The second-order valence-electron chi connectivity index (χ2n) is 14.6. The van der Waals surface area contributed by atoms with Crippen molar-refractivity contribution in [3.05, 3.63) is 199 Å². The summed E-state index contributed by atoms with van der Waals surface area (Å²) in [5.41, 5.74) is 10.7. The van der Waals surface area contributed by atoms with Gasteiger partial charge in [0, 0.05) is 70.2 Å². The van der Waals surface area contributed by atoms with Gasteiger partial charge in [-0.05, 0) is 53.6 Å². The van der Waals surface area contributed by atoms with E-state index in [-0.39, 0.29) is 6.17 Å². The van der Waals surface area contributed by atoms with E-state index in [9.17, 15) is 0 Å². The van der Waals surface area contributed by atoms with Crippen molar-refractivity contribution >= 4 is 86.9 Å². The minimum atomic E-state index is -0.311. The SMILES string of the molecule is c1ccc(C2=NC(c3cccc4c3sc3cccc(-c5ccc6oc7cc(-n8c9ccccc9c9ccccc98)ccc7c6c5)c34)NC(c3ccccc3)=N2)cc1. The molecule has 11 aromatic rings. The van der Waals surface area contributed by atoms with E-state index in [0.717, 1.165) is 61.6 Å². The molecular weight excluding hydrogens is 717 g/mol. The van der Waals surface area contributed by atoms with Gasteiger partial charge >= 0.3 is 0 Å². The number of para-hydroxylation sites is 2. The van der Waals surface area contributed by atoms with Crippen molar-refractivity contribution in [1.29, 1.82) is 0 Å². The molecule has 0 amide bonds. The van der Waals surface area contributed by atoms with Crippen molar-refractivity contribution in [2.75, 3.05) is 0 Å². The highest BCUT2D eigenvalue weighted by molar-refractivity contribution is 7.26. The molecule has 0 fully saturated rings. The average molecular weight is 749 g/mol. The fourth-order valence-electron chi connectivity index (χ4n) is 8.67. The van der Waals surface area contributed by atoms with Gasteiger partial charge in [-0.3, -0.25) is 0 Å². The van der Waals surface area contributed by atoms with E-state index >= 15 is 0 Å². The van der Waals surface area contributed by atoms with Gasteiger partial charge in [0.2, 0.25) is 0 Å². The number of hydrogen-bond donors (Lipinski definition) is 1. The molecule has 0 bridgehead atoms. The van der Waals surface area contributed by atoms with Crippen LogP contribution in [-0.4, -0.2) is 16.2 Å². The Morgan fingerprint density at radius 3 is 2.02 bits per heavy atom. The summed E-state index contributed by atoms with van der Waals surface area (Å²) in [7, 11) is 0. The maximum Gasteiger partial charge on any atom is 0.159 e. The van der Waals surface area contributed by atoms with E-state index in [1.165, 1.54) is 47.5 Å². The molecule has 6 heteroatoms. The fraction of sp³-hybridized carbons (Fsp3) is 0.0196. The summed E-state index contributed by atoms with van der Waals surface area (Å²) in [6.45, 7) is 0. The monoisotopic (exact) mass is 748 g/mol. The lowest BCUT2D eigenvalue weighted by Crippen LogP contribution is -2.33. The number of aliphatic imine (C=N–C) groups is 2. The molecule has 1 atom stereocenters. The zero-order valence-corrected chi connectivity index (χ0v) is 31.4. The molecule has 3 aromatic heterocycles. The summed E-state index contributed by atoms with van der Waals surface area (Å²) in [5, 5.41) is 10.9. The van der Waals surface area contributed by atoms with Crippen LogP contribution in [0.25, 0.3) is 80.7 Å². The summed E-state index contributed by atoms with van der Waals surface area (Å²) in [6.07, 6.45) is -0.311. The van der Waals surface area contributed by atoms with E-state index in [4.69, 9.17) is 14.4 Å². The van der Waals surface area contributed by atoms with E-state index in [1.807, 2.05) is 47.7 Å². The highest BCUT2D eigenvalue weighted by atomic mass is 32.1. The topological polar surface area (TPSA) is 54.8 Å². The zero-order chi connectivity index (χ0) is 37.5. The van der Waals surface area contributed by atoms with Gasteiger partial charge in [-0.1, -0.05) is 133 Å². The molecule has 12 rings (SSSR count). The Bertz CT molecular complexity index is 3390. The second kappa shape index (κ2) is 12.6. The molecule has 0 saturated carbocycles. The van der Waals surface area contributed by atoms with Crippen LogP contribution in [0.3, 0.4) is 0 Å². The van der Waals surface area contributed by atoms with Gasteiger partial charge in [-0.2, -0.15) is 0 Å². The van der Waals surface area contributed by atoms with Crippen molar-refractivity contribution in [1.82, 2.24) is 9.88 Å². The first-order valence-corrected chi connectivity index (χ1v) is 20.0. The summed E-state index contributed by atoms with van der Waals surface area (Å²) in [4.78, 5) is 10.2. The highest BCUT2D eigenvalue weighted by Crippen LogP contribution is 2.44. The molecule has 0 saturated heterocycles. The molecule has 5 nitrogen and oxygen atoms in total. The lowest BCUT2D eigenvalue weighted by atomic mass is 9.97. The lowest BCUT2D eigenvalue weighted by molar-refractivity contribution is 0.668. The Kier molecular flexibility index (Phi) is 7.09. The minimum Gasteiger partial charge on any atom is -0.456 e. The Labute approximate surface area is 331 Å². The quantitative estimate of drug-likeness (QED) is 0.191. The van der Waals surface area contributed by atoms with Crippen LogP contribution in [0.2, 0.25) is 0 Å². The van der Waals surface area contributed by atoms with Gasteiger partial charge in [0.15, 0.2) is 5.84 Å². The fourth-order valence-corrected chi connectivity index (χ4v) is 9.93. The number of amidine groups is 2. The number of rotatable bonds is 5. The summed E-state index contributed by atoms with van der Waals surface area (Å²) in [6, 6.07) is 64.3. The molecule has 57 heavy (non-hydrogen) atoms. The molecule has 1 aliphatic heterocycles. The molecule has 4 heterocycles.